The number of likely N-dealkylation sites (tertiary alicyclic amines) is 1. The highest BCUT2D eigenvalue weighted by Crippen LogP contribution is 2.52. The molecule has 2 heteroatoms. The fraction of sp³-hybridized carbons (Fsp3) is 1.00. The number of aliphatic hydroxyl groups excluding tert-OH is 1. The number of hydrogen-bond donors (Lipinski definition) is 1. The Kier molecular flexibility index (Phi) is 3.33. The molecule has 0 aromatic rings. The normalized spacial score (nSPS) is 33.9. The SMILES string of the molecule is CCC(C)[C@H](C)C(O)N1C[C@H](C)CC12CC2. The molecular weight excluding hydrogens is 198 g/mol. The van der Waals surface area contributed by atoms with E-state index >= 15 is 0 Å². The molecule has 2 nitrogen and oxygen atoms in total. The fourth-order valence-electron chi connectivity index (χ4n) is 3.33. The van der Waals surface area contributed by atoms with Crippen molar-refractivity contribution in [1.29, 1.82) is 0 Å². The highest BCUT2D eigenvalue weighted by Gasteiger charge is 2.55. The van der Waals surface area contributed by atoms with Crippen LogP contribution in [-0.2, 0) is 0 Å². The summed E-state index contributed by atoms with van der Waals surface area (Å²) in [5.41, 5.74) is 0.403. The summed E-state index contributed by atoms with van der Waals surface area (Å²) < 4.78 is 0. The van der Waals surface area contributed by atoms with E-state index in [1.54, 1.807) is 0 Å². The Hall–Kier alpha value is -0.0800. The van der Waals surface area contributed by atoms with E-state index < -0.39 is 0 Å². The summed E-state index contributed by atoms with van der Waals surface area (Å²) in [6.07, 6.45) is 4.86. The Morgan fingerprint density at radius 1 is 1.38 bits per heavy atom. The molecule has 4 atom stereocenters. The third kappa shape index (κ3) is 2.02. The van der Waals surface area contributed by atoms with Crippen LogP contribution < -0.4 is 0 Å². The van der Waals surface area contributed by atoms with Gasteiger partial charge in [0.05, 0.1) is 0 Å². The van der Waals surface area contributed by atoms with Gasteiger partial charge in [-0.2, -0.15) is 0 Å². The van der Waals surface area contributed by atoms with Crippen LogP contribution in [-0.4, -0.2) is 28.3 Å². The van der Waals surface area contributed by atoms with Crippen molar-refractivity contribution in [2.45, 2.75) is 65.1 Å². The highest BCUT2D eigenvalue weighted by molar-refractivity contribution is 5.09. The van der Waals surface area contributed by atoms with Gasteiger partial charge >= 0.3 is 0 Å². The van der Waals surface area contributed by atoms with Crippen molar-refractivity contribution >= 4 is 0 Å². The smallest absolute Gasteiger partial charge is 0.110 e. The van der Waals surface area contributed by atoms with E-state index in [2.05, 4.69) is 32.6 Å². The molecule has 2 rings (SSSR count). The first-order valence-corrected chi connectivity index (χ1v) is 6.95. The molecule has 1 saturated heterocycles. The fourth-order valence-corrected chi connectivity index (χ4v) is 3.33. The lowest BCUT2D eigenvalue weighted by Crippen LogP contribution is -2.45. The maximum Gasteiger partial charge on any atom is 0.110 e. The molecule has 1 spiro atoms. The van der Waals surface area contributed by atoms with Crippen LogP contribution in [0.3, 0.4) is 0 Å². The second-order valence-electron chi connectivity index (χ2n) is 6.34. The summed E-state index contributed by atoms with van der Waals surface area (Å²) in [5.74, 6) is 1.77. The minimum absolute atomic E-state index is 0.220. The molecule has 0 bridgehead atoms. The molecule has 1 heterocycles. The van der Waals surface area contributed by atoms with E-state index in [1.165, 1.54) is 19.3 Å². The number of rotatable bonds is 4. The first-order valence-electron chi connectivity index (χ1n) is 6.95. The molecule has 0 amide bonds. The van der Waals surface area contributed by atoms with Crippen molar-refractivity contribution in [3.63, 3.8) is 0 Å². The van der Waals surface area contributed by atoms with Crippen molar-refractivity contribution in [2.75, 3.05) is 6.54 Å². The van der Waals surface area contributed by atoms with E-state index in [-0.39, 0.29) is 6.23 Å². The first kappa shape index (κ1) is 12.4. The maximum atomic E-state index is 10.5. The van der Waals surface area contributed by atoms with Crippen molar-refractivity contribution < 1.29 is 5.11 Å². The zero-order valence-electron chi connectivity index (χ0n) is 11.2. The molecule has 2 fully saturated rings. The summed E-state index contributed by atoms with van der Waals surface area (Å²) in [7, 11) is 0. The second-order valence-corrected chi connectivity index (χ2v) is 6.34. The van der Waals surface area contributed by atoms with Gasteiger partial charge in [0.1, 0.15) is 6.23 Å². The number of nitrogens with zero attached hydrogens (tertiary/aromatic N) is 1. The van der Waals surface area contributed by atoms with Gasteiger partial charge in [0.25, 0.3) is 0 Å². The monoisotopic (exact) mass is 225 g/mol. The molecule has 1 saturated carbocycles. The average Bonchev–Trinajstić information content (AvgIpc) is 2.94. The van der Waals surface area contributed by atoms with E-state index in [4.69, 9.17) is 0 Å². The van der Waals surface area contributed by atoms with Crippen molar-refractivity contribution in [3.05, 3.63) is 0 Å². The second kappa shape index (κ2) is 4.30. The van der Waals surface area contributed by atoms with E-state index in [0.29, 0.717) is 17.4 Å². The van der Waals surface area contributed by atoms with Crippen LogP contribution >= 0.6 is 0 Å². The Labute approximate surface area is 100 Å². The van der Waals surface area contributed by atoms with Gasteiger partial charge in [-0.15, -0.1) is 0 Å². The number of aliphatic hydroxyl groups is 1. The molecule has 0 radical (unpaired) electrons. The van der Waals surface area contributed by atoms with Crippen LogP contribution in [0.1, 0.15) is 53.4 Å². The minimum atomic E-state index is -0.220. The predicted octanol–water partition coefficient (Wildman–Crippen LogP) is 2.86. The molecule has 0 aromatic heterocycles. The molecular formula is C14H27NO. The third-order valence-corrected chi connectivity index (χ3v) is 5.00. The maximum absolute atomic E-state index is 10.5. The molecule has 2 aliphatic rings. The lowest BCUT2D eigenvalue weighted by Gasteiger charge is -2.35. The highest BCUT2D eigenvalue weighted by atomic mass is 16.3. The topological polar surface area (TPSA) is 23.5 Å². The molecule has 0 aromatic carbocycles. The van der Waals surface area contributed by atoms with Crippen LogP contribution in [0.2, 0.25) is 0 Å². The summed E-state index contributed by atoms with van der Waals surface area (Å²) in [6, 6.07) is 0. The molecule has 1 N–H and O–H groups in total. The third-order valence-electron chi connectivity index (χ3n) is 5.00. The van der Waals surface area contributed by atoms with Crippen molar-refractivity contribution in [3.8, 4) is 0 Å². The Bertz CT molecular complexity index is 249. The summed E-state index contributed by atoms with van der Waals surface area (Å²) >= 11 is 0. The largest absolute Gasteiger partial charge is 0.378 e. The van der Waals surface area contributed by atoms with Crippen LogP contribution in [0, 0.1) is 17.8 Å². The van der Waals surface area contributed by atoms with Crippen LogP contribution in [0.5, 0.6) is 0 Å². The van der Waals surface area contributed by atoms with Crippen LogP contribution in [0.4, 0.5) is 0 Å². The van der Waals surface area contributed by atoms with Crippen molar-refractivity contribution in [2.24, 2.45) is 17.8 Å². The molecule has 1 aliphatic carbocycles. The zero-order valence-corrected chi connectivity index (χ0v) is 11.2. The molecule has 16 heavy (non-hydrogen) atoms. The van der Waals surface area contributed by atoms with Crippen molar-refractivity contribution in [1.82, 2.24) is 4.90 Å². The first-order chi connectivity index (χ1) is 7.50. The summed E-state index contributed by atoms with van der Waals surface area (Å²) in [6.45, 7) is 10.1. The van der Waals surface area contributed by atoms with Gasteiger partial charge in [-0.1, -0.05) is 34.1 Å². The number of hydrogen-bond acceptors (Lipinski definition) is 2. The Morgan fingerprint density at radius 3 is 2.50 bits per heavy atom. The van der Waals surface area contributed by atoms with E-state index in [9.17, 15) is 5.11 Å². The van der Waals surface area contributed by atoms with Crippen LogP contribution in [0.15, 0.2) is 0 Å². The van der Waals surface area contributed by atoms with Gasteiger partial charge in [-0.05, 0) is 37.0 Å². The standard InChI is InChI=1S/C14H27NO/c1-5-11(3)12(4)13(16)15-9-10(2)8-14(15)6-7-14/h10-13,16H,5-9H2,1-4H3/t10-,11?,12+,13?/m1/s1. The Morgan fingerprint density at radius 2 is 2.00 bits per heavy atom. The molecule has 2 unspecified atom stereocenters. The summed E-state index contributed by atoms with van der Waals surface area (Å²) in [5, 5.41) is 10.5. The lowest BCUT2D eigenvalue weighted by molar-refractivity contribution is -0.0645. The lowest BCUT2D eigenvalue weighted by atomic mass is 9.91. The van der Waals surface area contributed by atoms with E-state index in [0.717, 1.165) is 18.9 Å². The average molecular weight is 225 g/mol. The van der Waals surface area contributed by atoms with Gasteiger partial charge in [0, 0.05) is 12.1 Å². The minimum Gasteiger partial charge on any atom is -0.378 e. The molecule has 94 valence electrons. The Balaban J connectivity index is 2.01. The van der Waals surface area contributed by atoms with Gasteiger partial charge < -0.3 is 5.11 Å². The van der Waals surface area contributed by atoms with Crippen LogP contribution in [0.25, 0.3) is 0 Å². The quantitative estimate of drug-likeness (QED) is 0.795. The molecule has 1 aliphatic heterocycles. The van der Waals surface area contributed by atoms with Gasteiger partial charge in [0.15, 0.2) is 0 Å². The van der Waals surface area contributed by atoms with Gasteiger partial charge in [0.2, 0.25) is 0 Å². The zero-order chi connectivity index (χ0) is 11.9. The van der Waals surface area contributed by atoms with E-state index in [1.807, 2.05) is 0 Å². The van der Waals surface area contributed by atoms with Gasteiger partial charge in [-0.25, -0.2) is 0 Å². The van der Waals surface area contributed by atoms with Gasteiger partial charge in [-0.3, -0.25) is 4.90 Å². The summed E-state index contributed by atoms with van der Waals surface area (Å²) in [4.78, 5) is 2.41. The predicted molar refractivity (Wildman–Crippen MR) is 67.1 cm³/mol.